The van der Waals surface area contributed by atoms with Crippen LogP contribution in [0.5, 0.6) is 0 Å². The van der Waals surface area contributed by atoms with Gasteiger partial charge >= 0.3 is 7.82 Å². The van der Waals surface area contributed by atoms with E-state index in [9.17, 15) is 14.6 Å². The minimum Gasteiger partial charge on any atom is -0.396 e. The zero-order chi connectivity index (χ0) is 22.7. The molecule has 0 spiro atoms. The number of phosphoric ester groups is 1. The molecule has 30 heavy (non-hydrogen) atoms. The quantitative estimate of drug-likeness (QED) is 0.121. The highest BCUT2D eigenvalue weighted by Crippen LogP contribution is 2.43. The van der Waals surface area contributed by atoms with Gasteiger partial charge in [0.25, 0.3) is 0 Å². The van der Waals surface area contributed by atoms with Gasteiger partial charge in [-0.3, -0.25) is 9.05 Å². The molecule has 0 heterocycles. The molecule has 0 amide bonds. The van der Waals surface area contributed by atoms with E-state index in [0.717, 1.165) is 19.3 Å². The number of quaternary nitrogens is 1. The molecule has 0 bridgehead atoms. The van der Waals surface area contributed by atoms with Crippen molar-refractivity contribution in [1.82, 2.24) is 0 Å². The van der Waals surface area contributed by atoms with Gasteiger partial charge in [-0.05, 0) is 6.42 Å². The summed E-state index contributed by atoms with van der Waals surface area (Å²) in [6.45, 7) is 3.08. The van der Waals surface area contributed by atoms with Gasteiger partial charge in [0.05, 0.1) is 27.7 Å². The Morgan fingerprint density at radius 1 is 0.800 bits per heavy atom. The topological polar surface area (TPSA) is 76.0 Å². The van der Waals surface area contributed by atoms with E-state index in [1.54, 1.807) is 0 Å². The van der Waals surface area contributed by atoms with Crippen molar-refractivity contribution in [1.29, 1.82) is 0 Å². The lowest BCUT2D eigenvalue weighted by atomic mass is 10.0. The van der Waals surface area contributed by atoms with Crippen LogP contribution < -0.4 is 0 Å². The van der Waals surface area contributed by atoms with Crippen molar-refractivity contribution < 1.29 is 28.1 Å². The average molecular weight is 453 g/mol. The van der Waals surface area contributed by atoms with Crippen LogP contribution in [0.3, 0.4) is 0 Å². The third-order valence-corrected chi connectivity index (χ3v) is 6.45. The molecule has 0 saturated heterocycles. The second-order valence-electron chi connectivity index (χ2n) is 9.69. The Balaban J connectivity index is 3.62. The lowest BCUT2D eigenvalue weighted by Crippen LogP contribution is -2.37. The van der Waals surface area contributed by atoms with Crippen LogP contribution in [0.25, 0.3) is 0 Å². The van der Waals surface area contributed by atoms with Crippen molar-refractivity contribution in [3.8, 4) is 0 Å². The van der Waals surface area contributed by atoms with Crippen molar-refractivity contribution in [2.75, 3.05) is 47.5 Å². The lowest BCUT2D eigenvalue weighted by molar-refractivity contribution is -0.870. The number of aliphatic hydroxyl groups excluding tert-OH is 1. The van der Waals surface area contributed by atoms with Gasteiger partial charge in [-0.15, -0.1) is 0 Å². The number of rotatable bonds is 22. The molecule has 0 aromatic carbocycles. The van der Waals surface area contributed by atoms with Crippen molar-refractivity contribution in [3.63, 3.8) is 0 Å². The summed E-state index contributed by atoms with van der Waals surface area (Å²) in [4.78, 5) is 9.76. The maximum absolute atomic E-state index is 11.9. The van der Waals surface area contributed by atoms with E-state index in [4.69, 9.17) is 9.05 Å². The minimum absolute atomic E-state index is 0.0306. The third-order valence-electron chi connectivity index (χ3n) is 5.46. The molecule has 0 aliphatic heterocycles. The van der Waals surface area contributed by atoms with Crippen LogP contribution in [0.15, 0.2) is 0 Å². The van der Waals surface area contributed by atoms with E-state index in [1.165, 1.54) is 70.6 Å². The standard InChI is InChI=1S/C23H50NO5P/c1-5-6-7-8-9-10-11-12-13-14-15-16-17-18-23(21-25)22-29-30(26,27)28-20-19-24(2,3)4/h23,25H,5-22H2,1-4H3/p+1. The van der Waals surface area contributed by atoms with Crippen LogP contribution in [-0.2, 0) is 13.6 Å². The summed E-state index contributed by atoms with van der Waals surface area (Å²) in [6, 6.07) is 0. The molecule has 2 atom stereocenters. The zero-order valence-corrected chi connectivity index (χ0v) is 21.2. The van der Waals surface area contributed by atoms with Crippen LogP contribution >= 0.6 is 7.82 Å². The summed E-state index contributed by atoms with van der Waals surface area (Å²) in [5.74, 6) is -0.111. The Kier molecular flexibility index (Phi) is 18.6. The van der Waals surface area contributed by atoms with Crippen molar-refractivity contribution >= 4 is 7.82 Å². The number of hydrogen-bond donors (Lipinski definition) is 2. The monoisotopic (exact) mass is 452 g/mol. The summed E-state index contributed by atoms with van der Waals surface area (Å²) in [7, 11) is 1.93. The van der Waals surface area contributed by atoms with E-state index >= 15 is 0 Å². The highest BCUT2D eigenvalue weighted by atomic mass is 31.2. The normalized spacial score (nSPS) is 15.3. The lowest BCUT2D eigenvalue weighted by Gasteiger charge is -2.24. The molecular weight excluding hydrogens is 401 g/mol. The van der Waals surface area contributed by atoms with Crippen molar-refractivity contribution in [2.45, 2.75) is 96.8 Å². The Morgan fingerprint density at radius 2 is 1.27 bits per heavy atom. The first-order chi connectivity index (χ1) is 14.2. The van der Waals surface area contributed by atoms with Crippen molar-refractivity contribution in [3.05, 3.63) is 0 Å². The number of likely N-dealkylation sites (N-methyl/N-ethyl adjacent to an activating group) is 1. The molecule has 0 aliphatic carbocycles. The SMILES string of the molecule is CCCCCCCCCCCCCCCC(CO)COP(=O)(O)OCC[N+](C)(C)C. The third kappa shape index (κ3) is 21.3. The Hall–Kier alpha value is 0.0300. The van der Waals surface area contributed by atoms with Gasteiger partial charge in [-0.1, -0.05) is 90.4 Å². The molecule has 6 nitrogen and oxygen atoms in total. The number of nitrogens with zero attached hydrogens (tertiary/aromatic N) is 1. The van der Waals surface area contributed by atoms with E-state index < -0.39 is 7.82 Å². The van der Waals surface area contributed by atoms with Crippen LogP contribution in [-0.4, -0.2) is 62.0 Å². The van der Waals surface area contributed by atoms with E-state index in [-0.39, 0.29) is 25.7 Å². The predicted octanol–water partition coefficient (Wildman–Crippen LogP) is 5.92. The smallest absolute Gasteiger partial charge is 0.396 e. The highest BCUT2D eigenvalue weighted by molar-refractivity contribution is 7.47. The Bertz CT molecular complexity index is 428. The van der Waals surface area contributed by atoms with Gasteiger partial charge in [0.1, 0.15) is 13.2 Å². The second-order valence-corrected chi connectivity index (χ2v) is 11.1. The largest absolute Gasteiger partial charge is 0.472 e. The number of phosphoric acid groups is 1. The summed E-state index contributed by atoms with van der Waals surface area (Å²) >= 11 is 0. The molecule has 0 radical (unpaired) electrons. The van der Waals surface area contributed by atoms with Crippen LogP contribution in [0.4, 0.5) is 0 Å². The zero-order valence-electron chi connectivity index (χ0n) is 20.3. The van der Waals surface area contributed by atoms with Crippen LogP contribution in [0.1, 0.15) is 96.8 Å². The molecule has 2 N–H and O–H groups in total. The molecule has 0 saturated carbocycles. The molecule has 0 aromatic heterocycles. The van der Waals surface area contributed by atoms with Crippen LogP contribution in [0, 0.1) is 5.92 Å². The summed E-state index contributed by atoms with van der Waals surface area (Å²) in [5.41, 5.74) is 0. The first-order valence-corrected chi connectivity index (χ1v) is 13.7. The van der Waals surface area contributed by atoms with Gasteiger partial charge < -0.3 is 14.5 Å². The molecule has 0 aromatic rings. The maximum atomic E-state index is 11.9. The van der Waals surface area contributed by atoms with E-state index in [2.05, 4.69) is 6.92 Å². The highest BCUT2D eigenvalue weighted by Gasteiger charge is 2.24. The van der Waals surface area contributed by atoms with Crippen molar-refractivity contribution in [2.24, 2.45) is 5.92 Å². The summed E-state index contributed by atoms with van der Waals surface area (Å²) < 4.78 is 22.7. The number of aliphatic hydroxyl groups is 1. The van der Waals surface area contributed by atoms with Gasteiger partial charge in [0.2, 0.25) is 0 Å². The maximum Gasteiger partial charge on any atom is 0.472 e. The molecule has 7 heteroatoms. The Labute approximate surface area is 186 Å². The van der Waals surface area contributed by atoms with E-state index in [1.807, 2.05) is 21.1 Å². The molecule has 0 aliphatic rings. The molecule has 0 fully saturated rings. The average Bonchev–Trinajstić information content (AvgIpc) is 2.66. The van der Waals surface area contributed by atoms with Crippen LogP contribution in [0.2, 0.25) is 0 Å². The van der Waals surface area contributed by atoms with Gasteiger partial charge in [-0.2, -0.15) is 0 Å². The first-order valence-electron chi connectivity index (χ1n) is 12.2. The fourth-order valence-electron chi connectivity index (χ4n) is 3.35. The molecule has 182 valence electrons. The van der Waals surface area contributed by atoms with Gasteiger partial charge in [0.15, 0.2) is 0 Å². The number of unbranched alkanes of at least 4 members (excludes halogenated alkanes) is 12. The summed E-state index contributed by atoms with van der Waals surface area (Å²) in [5, 5.41) is 9.50. The molecule has 0 rings (SSSR count). The molecule has 2 unspecified atom stereocenters. The van der Waals surface area contributed by atoms with Gasteiger partial charge in [-0.25, -0.2) is 4.57 Å². The number of hydrogen-bond acceptors (Lipinski definition) is 4. The molecular formula is C23H51NO5P+. The van der Waals surface area contributed by atoms with E-state index in [0.29, 0.717) is 11.0 Å². The first kappa shape index (κ1) is 30.0. The van der Waals surface area contributed by atoms with Gasteiger partial charge in [0, 0.05) is 12.5 Å². The Morgan fingerprint density at radius 3 is 1.70 bits per heavy atom. The minimum atomic E-state index is -4.04. The predicted molar refractivity (Wildman–Crippen MR) is 126 cm³/mol. The summed E-state index contributed by atoms with van der Waals surface area (Å²) in [6.07, 6.45) is 17.8. The fourth-order valence-corrected chi connectivity index (χ4v) is 4.13. The fraction of sp³-hybridized carbons (Fsp3) is 1.00. The second kappa shape index (κ2) is 18.6.